The minimum Gasteiger partial charge on any atom is -0.366 e. The van der Waals surface area contributed by atoms with E-state index in [0.29, 0.717) is 16.2 Å². The first-order valence-corrected chi connectivity index (χ1v) is 5.97. The topological polar surface area (TPSA) is 43.1 Å². The lowest BCUT2D eigenvalue weighted by atomic mass is 10.0. The van der Waals surface area contributed by atoms with E-state index in [2.05, 4.69) is 0 Å². The highest BCUT2D eigenvalue weighted by atomic mass is 35.5. The number of hydrogen-bond donors (Lipinski definition) is 1. The average Bonchev–Trinajstić information content (AvgIpc) is 2.39. The van der Waals surface area contributed by atoms with E-state index in [1.807, 2.05) is 0 Å². The van der Waals surface area contributed by atoms with Crippen LogP contribution in [0.5, 0.6) is 0 Å². The molecule has 4 heteroatoms. The summed E-state index contributed by atoms with van der Waals surface area (Å²) in [4.78, 5) is 11.5. The predicted octanol–water partition coefficient (Wildman–Crippen LogP) is 3.51. The SMILES string of the molecule is NC(=O)/C(=C/c1ccc(Cl)cc1)c1ccc(F)cc1. The van der Waals surface area contributed by atoms with Gasteiger partial charge in [-0.15, -0.1) is 0 Å². The fraction of sp³-hybridized carbons (Fsp3) is 0. The number of carbonyl (C=O) groups excluding carboxylic acids is 1. The molecule has 19 heavy (non-hydrogen) atoms. The van der Waals surface area contributed by atoms with Crippen LogP contribution in [-0.4, -0.2) is 5.91 Å². The molecule has 0 radical (unpaired) electrons. The van der Waals surface area contributed by atoms with E-state index >= 15 is 0 Å². The van der Waals surface area contributed by atoms with Crippen molar-refractivity contribution >= 4 is 29.2 Å². The van der Waals surface area contributed by atoms with Crippen molar-refractivity contribution in [2.75, 3.05) is 0 Å². The summed E-state index contributed by atoms with van der Waals surface area (Å²) in [5.41, 5.74) is 7.05. The Bertz CT molecular complexity index is 618. The Morgan fingerprint density at radius 2 is 1.63 bits per heavy atom. The lowest BCUT2D eigenvalue weighted by Crippen LogP contribution is -2.12. The number of nitrogens with two attached hydrogens (primary N) is 1. The maximum absolute atomic E-state index is 12.9. The quantitative estimate of drug-likeness (QED) is 0.676. The standard InChI is InChI=1S/C15H11ClFNO/c16-12-5-1-10(2-6-12)9-14(15(18)19)11-3-7-13(17)8-4-11/h1-9H,(H2,18,19)/b14-9+. The number of primary amides is 1. The van der Waals surface area contributed by atoms with Crippen molar-refractivity contribution in [1.29, 1.82) is 0 Å². The van der Waals surface area contributed by atoms with Crippen molar-refractivity contribution in [3.63, 3.8) is 0 Å². The molecule has 2 nitrogen and oxygen atoms in total. The van der Waals surface area contributed by atoms with Crippen LogP contribution in [0, 0.1) is 5.82 Å². The van der Waals surface area contributed by atoms with Crippen molar-refractivity contribution < 1.29 is 9.18 Å². The fourth-order valence-electron chi connectivity index (χ4n) is 1.65. The van der Waals surface area contributed by atoms with Gasteiger partial charge >= 0.3 is 0 Å². The Balaban J connectivity index is 2.43. The van der Waals surface area contributed by atoms with Crippen LogP contribution in [0.15, 0.2) is 48.5 Å². The van der Waals surface area contributed by atoms with Gasteiger partial charge in [-0.25, -0.2) is 4.39 Å². The Morgan fingerprint density at radius 3 is 2.16 bits per heavy atom. The first-order chi connectivity index (χ1) is 9.06. The van der Waals surface area contributed by atoms with E-state index < -0.39 is 5.91 Å². The van der Waals surface area contributed by atoms with Gasteiger partial charge in [-0.05, 0) is 41.5 Å². The summed E-state index contributed by atoms with van der Waals surface area (Å²) in [5, 5.41) is 0.611. The third-order valence-electron chi connectivity index (χ3n) is 2.60. The summed E-state index contributed by atoms with van der Waals surface area (Å²) in [6, 6.07) is 12.6. The van der Waals surface area contributed by atoms with Crippen LogP contribution in [-0.2, 0) is 4.79 Å². The van der Waals surface area contributed by atoms with Gasteiger partial charge in [0.05, 0.1) is 0 Å². The van der Waals surface area contributed by atoms with Crippen LogP contribution >= 0.6 is 11.6 Å². The molecule has 0 heterocycles. The van der Waals surface area contributed by atoms with Crippen molar-refractivity contribution in [3.8, 4) is 0 Å². The summed E-state index contributed by atoms with van der Waals surface area (Å²) < 4.78 is 12.9. The second kappa shape index (κ2) is 5.67. The van der Waals surface area contributed by atoms with E-state index in [0.717, 1.165) is 5.56 Å². The lowest BCUT2D eigenvalue weighted by Gasteiger charge is -2.04. The van der Waals surface area contributed by atoms with Gasteiger partial charge in [0, 0.05) is 10.6 Å². The zero-order valence-electron chi connectivity index (χ0n) is 9.94. The van der Waals surface area contributed by atoms with Gasteiger partial charge in [0.1, 0.15) is 5.82 Å². The van der Waals surface area contributed by atoms with Crippen LogP contribution in [0.4, 0.5) is 4.39 Å². The van der Waals surface area contributed by atoms with Gasteiger partial charge in [0.15, 0.2) is 0 Å². The Kier molecular flexibility index (Phi) is 3.97. The molecule has 2 aromatic rings. The van der Waals surface area contributed by atoms with Crippen molar-refractivity contribution in [1.82, 2.24) is 0 Å². The van der Waals surface area contributed by atoms with E-state index in [4.69, 9.17) is 17.3 Å². The number of halogens is 2. The minimum atomic E-state index is -0.568. The van der Waals surface area contributed by atoms with Crippen LogP contribution in [0.3, 0.4) is 0 Å². The first kappa shape index (κ1) is 13.3. The van der Waals surface area contributed by atoms with Crippen LogP contribution in [0.25, 0.3) is 11.6 Å². The third kappa shape index (κ3) is 3.42. The third-order valence-corrected chi connectivity index (χ3v) is 2.85. The molecule has 0 bridgehead atoms. The van der Waals surface area contributed by atoms with Gasteiger partial charge in [-0.1, -0.05) is 35.9 Å². The highest BCUT2D eigenvalue weighted by molar-refractivity contribution is 6.30. The highest BCUT2D eigenvalue weighted by Gasteiger charge is 2.08. The first-order valence-electron chi connectivity index (χ1n) is 5.59. The molecule has 0 saturated heterocycles. The lowest BCUT2D eigenvalue weighted by molar-refractivity contribution is -0.112. The van der Waals surface area contributed by atoms with Gasteiger partial charge in [0.2, 0.25) is 5.91 Å². The summed E-state index contributed by atoms with van der Waals surface area (Å²) in [7, 11) is 0. The molecular formula is C15H11ClFNO. The number of rotatable bonds is 3. The number of amides is 1. The molecule has 0 unspecified atom stereocenters. The van der Waals surface area contributed by atoms with Crippen LogP contribution in [0.2, 0.25) is 5.02 Å². The van der Waals surface area contributed by atoms with Crippen molar-refractivity contribution in [2.24, 2.45) is 5.73 Å². The summed E-state index contributed by atoms with van der Waals surface area (Å²) in [6.45, 7) is 0. The second-order valence-electron chi connectivity index (χ2n) is 3.98. The molecule has 2 rings (SSSR count). The Morgan fingerprint density at radius 1 is 1.05 bits per heavy atom. The molecule has 2 N–H and O–H groups in total. The summed E-state index contributed by atoms with van der Waals surface area (Å²) in [5.74, 6) is -0.930. The zero-order chi connectivity index (χ0) is 13.8. The monoisotopic (exact) mass is 275 g/mol. The molecule has 0 atom stereocenters. The average molecular weight is 276 g/mol. The van der Waals surface area contributed by atoms with Crippen LogP contribution in [0.1, 0.15) is 11.1 Å². The van der Waals surface area contributed by atoms with Crippen molar-refractivity contribution in [3.05, 3.63) is 70.5 Å². The largest absolute Gasteiger partial charge is 0.366 e. The fourth-order valence-corrected chi connectivity index (χ4v) is 1.78. The molecule has 0 aliphatic heterocycles. The van der Waals surface area contributed by atoms with Gasteiger partial charge < -0.3 is 5.73 Å². The molecule has 96 valence electrons. The van der Waals surface area contributed by atoms with Gasteiger partial charge in [-0.2, -0.15) is 0 Å². The smallest absolute Gasteiger partial charge is 0.249 e. The molecule has 1 amide bonds. The van der Waals surface area contributed by atoms with Gasteiger partial charge in [-0.3, -0.25) is 4.79 Å². The summed E-state index contributed by atoms with van der Waals surface area (Å²) >= 11 is 5.79. The Labute approximate surface area is 115 Å². The normalized spacial score (nSPS) is 11.4. The van der Waals surface area contributed by atoms with Crippen molar-refractivity contribution in [2.45, 2.75) is 0 Å². The zero-order valence-corrected chi connectivity index (χ0v) is 10.7. The highest BCUT2D eigenvalue weighted by Crippen LogP contribution is 2.19. The molecule has 0 saturated carbocycles. The van der Waals surface area contributed by atoms with Crippen LogP contribution < -0.4 is 5.73 Å². The molecule has 2 aromatic carbocycles. The molecule has 0 aliphatic carbocycles. The number of hydrogen-bond acceptors (Lipinski definition) is 1. The molecular weight excluding hydrogens is 265 g/mol. The minimum absolute atomic E-state index is 0.322. The summed E-state index contributed by atoms with van der Waals surface area (Å²) in [6.07, 6.45) is 1.64. The molecule has 0 fully saturated rings. The number of carbonyl (C=O) groups is 1. The second-order valence-corrected chi connectivity index (χ2v) is 4.42. The van der Waals surface area contributed by atoms with Gasteiger partial charge in [0.25, 0.3) is 0 Å². The molecule has 0 spiro atoms. The van der Waals surface area contributed by atoms with E-state index in [1.165, 1.54) is 24.3 Å². The molecule has 0 aromatic heterocycles. The van der Waals surface area contributed by atoms with E-state index in [1.54, 1.807) is 30.3 Å². The number of benzene rings is 2. The maximum Gasteiger partial charge on any atom is 0.249 e. The predicted molar refractivity (Wildman–Crippen MR) is 74.9 cm³/mol. The maximum atomic E-state index is 12.9. The molecule has 0 aliphatic rings. The van der Waals surface area contributed by atoms with E-state index in [9.17, 15) is 9.18 Å². The van der Waals surface area contributed by atoms with E-state index in [-0.39, 0.29) is 5.82 Å². The Hall–Kier alpha value is -2.13.